The molecule has 0 fully saturated rings. The molecule has 0 aromatic heterocycles. The van der Waals surface area contributed by atoms with Crippen LogP contribution < -0.4 is 18.9 Å². The molecule has 1 aliphatic carbocycles. The Morgan fingerprint density at radius 2 is 1.83 bits per heavy atom. The molecule has 5 rings (SSSR count). The second-order valence-corrected chi connectivity index (χ2v) is 8.41. The molecule has 0 unspecified atom stereocenters. The van der Waals surface area contributed by atoms with E-state index in [1.165, 1.54) is 12.1 Å². The number of carboxylic acid groups (broad SMARTS) is 1. The van der Waals surface area contributed by atoms with Crippen LogP contribution in [0.25, 0.3) is 0 Å². The molecule has 1 heterocycles. The molecule has 0 saturated heterocycles. The van der Waals surface area contributed by atoms with Crippen LogP contribution in [-0.2, 0) is 11.2 Å². The maximum atomic E-state index is 14.8. The molecule has 9 heteroatoms. The molecule has 2 atom stereocenters. The number of hydrogen-bond donors (Lipinski definition) is 1. The van der Waals surface area contributed by atoms with Gasteiger partial charge in [-0.15, -0.1) is 0 Å². The van der Waals surface area contributed by atoms with E-state index in [9.17, 15) is 18.0 Å². The average Bonchev–Trinajstić information content (AvgIpc) is 3.40. The fourth-order valence-corrected chi connectivity index (χ4v) is 4.65. The highest BCUT2D eigenvalue weighted by Crippen LogP contribution is 2.44. The zero-order chi connectivity index (χ0) is 24.7. The lowest BCUT2D eigenvalue weighted by atomic mass is 9.98. The lowest BCUT2D eigenvalue weighted by molar-refractivity contribution is -0.137. The highest BCUT2D eigenvalue weighted by Gasteiger charge is 2.32. The summed E-state index contributed by atoms with van der Waals surface area (Å²) in [4.78, 5) is 11.0. The molecule has 3 aromatic carbocycles. The molecule has 182 valence electrons. The monoisotopic (exact) mass is 486 g/mol. The first-order valence-electron chi connectivity index (χ1n) is 11.0. The van der Waals surface area contributed by atoms with Gasteiger partial charge in [0.15, 0.2) is 17.4 Å². The lowest BCUT2D eigenvalue weighted by Crippen LogP contribution is -2.07. The lowest BCUT2D eigenvalue weighted by Gasteiger charge is -2.17. The number of benzene rings is 3. The zero-order valence-corrected chi connectivity index (χ0v) is 18.6. The molecule has 35 heavy (non-hydrogen) atoms. The van der Waals surface area contributed by atoms with Gasteiger partial charge in [0, 0.05) is 40.8 Å². The number of carbonyl (C=O) groups is 1. The van der Waals surface area contributed by atoms with E-state index in [1.807, 2.05) is 0 Å². The van der Waals surface area contributed by atoms with Crippen molar-refractivity contribution in [2.24, 2.45) is 0 Å². The van der Waals surface area contributed by atoms with Crippen molar-refractivity contribution in [3.8, 4) is 28.7 Å². The summed E-state index contributed by atoms with van der Waals surface area (Å²) >= 11 is 0. The third-order valence-electron chi connectivity index (χ3n) is 6.21. The molecule has 6 nitrogen and oxygen atoms in total. The van der Waals surface area contributed by atoms with Gasteiger partial charge in [0.1, 0.15) is 34.9 Å². The van der Waals surface area contributed by atoms with Crippen LogP contribution in [0.15, 0.2) is 42.5 Å². The summed E-state index contributed by atoms with van der Waals surface area (Å²) in [5, 5.41) is 9.06. The maximum absolute atomic E-state index is 14.8. The van der Waals surface area contributed by atoms with E-state index in [-0.39, 0.29) is 30.4 Å². The Balaban J connectivity index is 1.38. The second-order valence-electron chi connectivity index (χ2n) is 8.41. The highest BCUT2D eigenvalue weighted by molar-refractivity contribution is 5.68. The first-order chi connectivity index (χ1) is 16.8. The Kier molecular flexibility index (Phi) is 5.92. The molecule has 0 saturated carbocycles. The minimum Gasteiger partial charge on any atom is -0.492 e. The van der Waals surface area contributed by atoms with E-state index < -0.39 is 35.3 Å². The Hall–Kier alpha value is -3.88. The topological polar surface area (TPSA) is 74.2 Å². The number of rotatable bonds is 7. The minimum absolute atomic E-state index is 0.0286. The van der Waals surface area contributed by atoms with Gasteiger partial charge in [-0.2, -0.15) is 0 Å². The van der Waals surface area contributed by atoms with E-state index in [0.29, 0.717) is 35.5 Å². The summed E-state index contributed by atoms with van der Waals surface area (Å²) in [7, 11) is 1.16. The van der Waals surface area contributed by atoms with Crippen molar-refractivity contribution < 1.29 is 42.0 Å². The average molecular weight is 486 g/mol. The van der Waals surface area contributed by atoms with Gasteiger partial charge in [-0.1, -0.05) is 6.07 Å². The standard InChI is InChI=1S/C26H21F3O6/c1-32-26-19(28)9-15(10-20(26)29)35-21-7-5-18(27)25-17(21)4-6-22(25)34-14-2-3-16-13(8-24(30)31)12-33-23(16)11-14/h2-3,5,7,9-11,13,22H,4,6,8,12H2,1H3,(H,30,31)/t13-,22-/m1/s1. The molecule has 3 aromatic rings. The van der Waals surface area contributed by atoms with Crippen LogP contribution in [-0.4, -0.2) is 24.8 Å². The summed E-state index contributed by atoms with van der Waals surface area (Å²) in [6.45, 7) is 0.277. The number of fused-ring (bicyclic) bond motifs is 2. The minimum atomic E-state index is -0.910. The van der Waals surface area contributed by atoms with Crippen molar-refractivity contribution >= 4 is 5.97 Å². The fourth-order valence-electron chi connectivity index (χ4n) is 4.65. The Labute approximate surface area is 198 Å². The van der Waals surface area contributed by atoms with Crippen molar-refractivity contribution in [2.75, 3.05) is 13.7 Å². The Morgan fingerprint density at radius 1 is 1.06 bits per heavy atom. The number of carboxylic acids is 1. The van der Waals surface area contributed by atoms with E-state index >= 15 is 0 Å². The number of halogens is 3. The summed E-state index contributed by atoms with van der Waals surface area (Å²) < 4.78 is 65.1. The quantitative estimate of drug-likeness (QED) is 0.447. The van der Waals surface area contributed by atoms with Gasteiger partial charge in [-0.05, 0) is 31.0 Å². The normalized spacial score (nSPS) is 17.9. The number of ether oxygens (including phenoxy) is 4. The third kappa shape index (κ3) is 4.34. The van der Waals surface area contributed by atoms with Gasteiger partial charge < -0.3 is 24.1 Å². The van der Waals surface area contributed by atoms with Crippen molar-refractivity contribution in [1.82, 2.24) is 0 Å². The van der Waals surface area contributed by atoms with Gasteiger partial charge in [0.25, 0.3) is 0 Å². The van der Waals surface area contributed by atoms with Crippen molar-refractivity contribution in [3.63, 3.8) is 0 Å². The Morgan fingerprint density at radius 3 is 2.54 bits per heavy atom. The third-order valence-corrected chi connectivity index (χ3v) is 6.21. The van der Waals surface area contributed by atoms with Crippen LogP contribution in [0.1, 0.15) is 41.6 Å². The highest BCUT2D eigenvalue weighted by atomic mass is 19.1. The Bertz CT molecular complexity index is 1290. The number of aliphatic carboxylic acids is 1. The summed E-state index contributed by atoms with van der Waals surface area (Å²) in [6.07, 6.45) is 0.278. The van der Waals surface area contributed by atoms with E-state index in [2.05, 4.69) is 4.74 Å². The van der Waals surface area contributed by atoms with Crippen molar-refractivity contribution in [3.05, 3.63) is 76.6 Å². The smallest absolute Gasteiger partial charge is 0.304 e. The van der Waals surface area contributed by atoms with Gasteiger partial charge in [0.05, 0.1) is 20.1 Å². The van der Waals surface area contributed by atoms with E-state index in [4.69, 9.17) is 19.3 Å². The fraction of sp³-hybridized carbons (Fsp3) is 0.269. The SMILES string of the molecule is COc1c(F)cc(Oc2ccc(F)c3c2CC[C@H]3Oc2ccc3c(c2)OC[C@H]3CC(=O)O)cc1F. The van der Waals surface area contributed by atoms with Crippen LogP contribution in [0.5, 0.6) is 28.7 Å². The number of hydrogen-bond acceptors (Lipinski definition) is 5. The predicted octanol–water partition coefficient (Wildman–Crippen LogP) is 5.92. The molecule has 1 aliphatic heterocycles. The second kappa shape index (κ2) is 9.05. The predicted molar refractivity (Wildman–Crippen MR) is 118 cm³/mol. The maximum Gasteiger partial charge on any atom is 0.304 e. The first kappa shape index (κ1) is 22.9. The van der Waals surface area contributed by atoms with Crippen molar-refractivity contribution in [2.45, 2.75) is 31.3 Å². The van der Waals surface area contributed by atoms with Crippen LogP contribution in [0.2, 0.25) is 0 Å². The van der Waals surface area contributed by atoms with Crippen LogP contribution >= 0.6 is 0 Å². The molecule has 0 bridgehead atoms. The number of methoxy groups -OCH3 is 1. The van der Waals surface area contributed by atoms with E-state index in [0.717, 1.165) is 24.8 Å². The van der Waals surface area contributed by atoms with Gasteiger partial charge >= 0.3 is 5.97 Å². The first-order valence-corrected chi connectivity index (χ1v) is 11.0. The van der Waals surface area contributed by atoms with Gasteiger partial charge in [-0.3, -0.25) is 4.79 Å². The van der Waals surface area contributed by atoms with Crippen LogP contribution in [0.4, 0.5) is 13.2 Å². The van der Waals surface area contributed by atoms with Gasteiger partial charge in [0.2, 0.25) is 0 Å². The molecule has 0 amide bonds. The zero-order valence-electron chi connectivity index (χ0n) is 18.6. The summed E-state index contributed by atoms with van der Waals surface area (Å²) in [6, 6.07) is 9.81. The summed E-state index contributed by atoms with van der Waals surface area (Å²) in [5.74, 6) is -2.72. The summed E-state index contributed by atoms with van der Waals surface area (Å²) in [5.41, 5.74) is 1.68. The van der Waals surface area contributed by atoms with E-state index in [1.54, 1.807) is 18.2 Å². The van der Waals surface area contributed by atoms with Gasteiger partial charge in [-0.25, -0.2) is 13.2 Å². The molecule has 1 N–H and O–H groups in total. The largest absolute Gasteiger partial charge is 0.492 e. The molecular weight excluding hydrogens is 465 g/mol. The van der Waals surface area contributed by atoms with Crippen LogP contribution in [0.3, 0.4) is 0 Å². The van der Waals surface area contributed by atoms with Crippen molar-refractivity contribution in [1.29, 1.82) is 0 Å². The molecular formula is C26H21F3O6. The molecule has 0 radical (unpaired) electrons. The molecule has 0 spiro atoms. The molecule has 2 aliphatic rings. The van der Waals surface area contributed by atoms with Crippen LogP contribution in [0, 0.1) is 17.5 Å².